The van der Waals surface area contributed by atoms with Crippen molar-refractivity contribution in [2.75, 3.05) is 51.0 Å². The Bertz CT molecular complexity index is 1710. The zero-order valence-corrected chi connectivity index (χ0v) is 26.6. The van der Waals surface area contributed by atoms with Gasteiger partial charge in [-0.25, -0.2) is 9.97 Å². The van der Waals surface area contributed by atoms with E-state index in [1.165, 1.54) is 29.4 Å². The minimum absolute atomic E-state index is 0.0663. The van der Waals surface area contributed by atoms with Crippen LogP contribution >= 0.6 is 11.6 Å². The van der Waals surface area contributed by atoms with Gasteiger partial charge in [0.15, 0.2) is 0 Å². The van der Waals surface area contributed by atoms with Gasteiger partial charge in [-0.2, -0.15) is 0 Å². The number of halogens is 1. The van der Waals surface area contributed by atoms with Gasteiger partial charge in [0, 0.05) is 53.4 Å². The van der Waals surface area contributed by atoms with E-state index < -0.39 is 0 Å². The second kappa shape index (κ2) is 13.9. The van der Waals surface area contributed by atoms with Gasteiger partial charge in [0.25, 0.3) is 11.8 Å². The molecule has 1 unspecified atom stereocenters. The molecule has 7 rings (SSSR count). The van der Waals surface area contributed by atoms with Gasteiger partial charge in [-0.15, -0.1) is 0 Å². The van der Waals surface area contributed by atoms with E-state index in [-0.39, 0.29) is 36.1 Å². The van der Waals surface area contributed by atoms with Crippen LogP contribution in [0.1, 0.15) is 39.3 Å². The Labute approximate surface area is 272 Å². The number of amides is 2. The van der Waals surface area contributed by atoms with Crippen LogP contribution in [0, 0.1) is 12.8 Å². The molecule has 1 saturated heterocycles. The molecule has 0 aliphatic carbocycles. The number of carbonyl (C=O) groups excluding carboxylic acids is 2. The molecule has 0 radical (unpaired) electrons. The van der Waals surface area contributed by atoms with Crippen LogP contribution in [-0.4, -0.2) is 82.5 Å². The monoisotopic (exact) mass is 645 g/mol. The van der Waals surface area contributed by atoms with Gasteiger partial charge in [-0.05, 0) is 74.2 Å². The van der Waals surface area contributed by atoms with E-state index in [1.807, 2.05) is 23.4 Å². The lowest BCUT2D eigenvalue weighted by atomic mass is 9.96. The molecular formula is C34H36ClN5O6. The van der Waals surface area contributed by atoms with Crippen molar-refractivity contribution in [3.63, 3.8) is 0 Å². The first-order valence-corrected chi connectivity index (χ1v) is 15.7. The molecular weight excluding hydrogens is 610 g/mol. The van der Waals surface area contributed by atoms with Crippen LogP contribution < -0.4 is 9.64 Å². The van der Waals surface area contributed by atoms with E-state index in [4.69, 9.17) is 25.8 Å². The van der Waals surface area contributed by atoms with Crippen LogP contribution in [0.4, 0.5) is 11.4 Å². The van der Waals surface area contributed by atoms with Gasteiger partial charge in [-0.3, -0.25) is 14.5 Å². The van der Waals surface area contributed by atoms with Crippen LogP contribution in [-0.2, 0) is 16.5 Å². The summed E-state index contributed by atoms with van der Waals surface area (Å²) in [6.07, 6.45) is 4.88. The third-order valence-electron chi connectivity index (χ3n) is 8.43. The van der Waals surface area contributed by atoms with E-state index in [9.17, 15) is 14.7 Å². The number of ether oxygens (including phenoxy) is 3. The summed E-state index contributed by atoms with van der Waals surface area (Å²) < 4.78 is 19.1. The first kappa shape index (κ1) is 31.5. The third kappa shape index (κ3) is 6.72. The minimum Gasteiger partial charge on any atom is -0.508 e. The Balaban J connectivity index is 1.43. The van der Waals surface area contributed by atoms with E-state index in [2.05, 4.69) is 9.97 Å². The first-order valence-electron chi connectivity index (χ1n) is 15.3. The molecule has 46 heavy (non-hydrogen) atoms. The van der Waals surface area contributed by atoms with Gasteiger partial charge in [-0.1, -0.05) is 11.6 Å². The zero-order valence-electron chi connectivity index (χ0n) is 25.8. The molecule has 2 aromatic heterocycles. The molecule has 6 bridgehead atoms. The fourth-order valence-corrected chi connectivity index (χ4v) is 6.08. The second-order valence-electron chi connectivity index (χ2n) is 11.5. The normalized spacial score (nSPS) is 18.3. The Morgan fingerprint density at radius 3 is 2.39 bits per heavy atom. The van der Waals surface area contributed by atoms with Gasteiger partial charge in [0.05, 0.1) is 50.1 Å². The number of aromatic hydroxyl groups is 1. The SMILES string of the molecule is Cc1c2cc(n1C)-c1cc(Cl)ccc1C(=O)N1CCCC(COCCOCCOc3ncc(cn3)N(c3ccc(O)cc3)C2=O)C1. The highest BCUT2D eigenvalue weighted by Crippen LogP contribution is 2.35. The largest absolute Gasteiger partial charge is 0.508 e. The first-order chi connectivity index (χ1) is 22.3. The molecule has 2 aromatic carbocycles. The minimum atomic E-state index is -0.345. The average molecular weight is 646 g/mol. The number of hydrogen-bond donors (Lipinski definition) is 1. The molecule has 3 aliphatic heterocycles. The molecule has 4 aromatic rings. The van der Waals surface area contributed by atoms with E-state index in [0.29, 0.717) is 84.0 Å². The predicted molar refractivity (Wildman–Crippen MR) is 173 cm³/mol. The predicted octanol–water partition coefficient (Wildman–Crippen LogP) is 5.41. The van der Waals surface area contributed by atoms with Crippen molar-refractivity contribution < 1.29 is 28.9 Å². The van der Waals surface area contributed by atoms with Crippen LogP contribution in [0.2, 0.25) is 5.02 Å². The number of aromatic nitrogens is 3. The molecule has 1 N–H and O–H groups in total. The maximum absolute atomic E-state index is 14.4. The molecule has 3 aliphatic rings. The number of rotatable bonds is 1. The van der Waals surface area contributed by atoms with Crippen LogP contribution in [0.25, 0.3) is 11.3 Å². The molecule has 11 nitrogen and oxygen atoms in total. The lowest BCUT2D eigenvalue weighted by Gasteiger charge is -2.33. The highest BCUT2D eigenvalue weighted by atomic mass is 35.5. The number of nitrogens with zero attached hydrogens (tertiary/aromatic N) is 5. The van der Waals surface area contributed by atoms with Crippen LogP contribution in [0.5, 0.6) is 11.8 Å². The highest BCUT2D eigenvalue weighted by molar-refractivity contribution is 6.31. The van der Waals surface area contributed by atoms with Crippen molar-refractivity contribution in [3.05, 3.63) is 82.8 Å². The lowest BCUT2D eigenvalue weighted by Crippen LogP contribution is -2.41. The van der Waals surface area contributed by atoms with Crippen molar-refractivity contribution >= 4 is 34.8 Å². The molecule has 0 spiro atoms. The molecule has 12 heteroatoms. The summed E-state index contributed by atoms with van der Waals surface area (Å²) in [5.74, 6) is -0.155. The lowest BCUT2D eigenvalue weighted by molar-refractivity contribution is 0.0121. The third-order valence-corrected chi connectivity index (χ3v) is 8.66. The van der Waals surface area contributed by atoms with Crippen molar-refractivity contribution in [2.24, 2.45) is 13.0 Å². The summed E-state index contributed by atoms with van der Waals surface area (Å²) in [6.45, 7) is 5.06. The van der Waals surface area contributed by atoms with Crippen molar-refractivity contribution in [1.29, 1.82) is 0 Å². The number of hydrogen-bond acceptors (Lipinski definition) is 8. The average Bonchev–Trinajstić information content (AvgIpc) is 3.36. The number of phenols is 1. The summed E-state index contributed by atoms with van der Waals surface area (Å²) in [6, 6.07) is 13.5. The summed E-state index contributed by atoms with van der Waals surface area (Å²) in [5.41, 5.74) is 3.83. The number of anilines is 2. The van der Waals surface area contributed by atoms with Crippen molar-refractivity contribution in [2.45, 2.75) is 19.8 Å². The van der Waals surface area contributed by atoms with Gasteiger partial charge in [0.2, 0.25) is 0 Å². The van der Waals surface area contributed by atoms with Crippen molar-refractivity contribution in [1.82, 2.24) is 19.4 Å². The standard InChI is InChI=1S/C34H36ClN5O6/c1-22-29-17-31(38(22)2)30-16-24(35)5-10-28(30)32(42)39-11-3-4-23(20-39)21-45-13-12-44-14-15-46-34-36-18-26(19-37-34)40(33(29)43)25-6-8-27(41)9-7-25/h5-10,16-19,23,41H,3-4,11-15,20-21H2,1-2H3. The number of phenolic OH excluding ortho intramolecular Hbond substituents is 1. The maximum atomic E-state index is 14.4. The molecule has 5 heterocycles. The summed E-state index contributed by atoms with van der Waals surface area (Å²) in [7, 11) is 1.86. The molecule has 240 valence electrons. The van der Waals surface area contributed by atoms with E-state index >= 15 is 0 Å². The topological polar surface area (TPSA) is 119 Å². The molecule has 1 atom stereocenters. The van der Waals surface area contributed by atoms with Gasteiger partial charge < -0.3 is 28.8 Å². The number of benzene rings is 2. The Hall–Kier alpha value is -4.45. The second-order valence-corrected chi connectivity index (χ2v) is 11.9. The Kier molecular flexibility index (Phi) is 9.53. The van der Waals surface area contributed by atoms with Crippen LogP contribution in [0.3, 0.4) is 0 Å². The van der Waals surface area contributed by atoms with Crippen LogP contribution in [0.15, 0.2) is 60.9 Å². The fourth-order valence-electron chi connectivity index (χ4n) is 5.91. The van der Waals surface area contributed by atoms with E-state index in [1.54, 1.807) is 36.4 Å². The molecule has 1 fully saturated rings. The van der Waals surface area contributed by atoms with Gasteiger partial charge in [0.1, 0.15) is 12.4 Å². The number of fused-ring (bicyclic) bond motifs is 10. The van der Waals surface area contributed by atoms with Gasteiger partial charge >= 0.3 is 6.01 Å². The highest BCUT2D eigenvalue weighted by Gasteiger charge is 2.30. The van der Waals surface area contributed by atoms with Crippen molar-refractivity contribution in [3.8, 4) is 23.0 Å². The smallest absolute Gasteiger partial charge is 0.316 e. The summed E-state index contributed by atoms with van der Waals surface area (Å²) in [4.78, 5) is 40.5. The zero-order chi connectivity index (χ0) is 32.2. The van der Waals surface area contributed by atoms with E-state index in [0.717, 1.165) is 12.8 Å². The quantitative estimate of drug-likeness (QED) is 0.273. The Morgan fingerprint density at radius 1 is 0.870 bits per heavy atom. The fraction of sp³-hybridized carbons (Fsp3) is 0.353. The molecule has 2 amide bonds. The summed E-state index contributed by atoms with van der Waals surface area (Å²) >= 11 is 6.50. The molecule has 0 saturated carbocycles. The number of carbonyl (C=O) groups is 2. The number of piperidine rings is 1. The summed E-state index contributed by atoms with van der Waals surface area (Å²) in [5, 5.41) is 10.4. The Morgan fingerprint density at radius 2 is 1.61 bits per heavy atom. The maximum Gasteiger partial charge on any atom is 0.316 e.